The van der Waals surface area contributed by atoms with Gasteiger partial charge >= 0.3 is 0 Å². The van der Waals surface area contributed by atoms with Crippen molar-refractivity contribution >= 4 is 0 Å². The lowest BCUT2D eigenvalue weighted by Crippen LogP contribution is -2.50. The SMILES string of the molecule is CCCN(CCC(NCC)C(C)(C)OC)C(C)C. The molecule has 0 rings (SSSR count). The van der Waals surface area contributed by atoms with Crippen LogP contribution in [0.25, 0.3) is 0 Å². The maximum atomic E-state index is 5.62. The predicted octanol–water partition coefficient (Wildman–Crippen LogP) is 2.90. The number of hydrogen-bond acceptors (Lipinski definition) is 3. The molecule has 0 saturated carbocycles. The van der Waals surface area contributed by atoms with E-state index in [0.29, 0.717) is 12.1 Å². The third-order valence-electron chi connectivity index (χ3n) is 3.76. The van der Waals surface area contributed by atoms with Crippen molar-refractivity contribution < 1.29 is 4.74 Å². The van der Waals surface area contributed by atoms with Gasteiger partial charge in [0.25, 0.3) is 0 Å². The predicted molar refractivity (Wildman–Crippen MR) is 80.2 cm³/mol. The normalized spacial score (nSPS) is 14.5. The largest absolute Gasteiger partial charge is 0.377 e. The van der Waals surface area contributed by atoms with E-state index in [2.05, 4.69) is 51.8 Å². The summed E-state index contributed by atoms with van der Waals surface area (Å²) >= 11 is 0. The lowest BCUT2D eigenvalue weighted by Gasteiger charge is -2.36. The van der Waals surface area contributed by atoms with Crippen LogP contribution in [0, 0.1) is 0 Å². The van der Waals surface area contributed by atoms with E-state index in [1.165, 1.54) is 13.0 Å². The average Bonchev–Trinajstić information content (AvgIpc) is 2.32. The highest BCUT2D eigenvalue weighted by molar-refractivity contribution is 4.86. The Bertz CT molecular complexity index is 205. The summed E-state index contributed by atoms with van der Waals surface area (Å²) in [5.41, 5.74) is -0.106. The van der Waals surface area contributed by atoms with Gasteiger partial charge in [-0.15, -0.1) is 0 Å². The standard InChI is InChI=1S/C15H34N2O/c1-8-11-17(13(3)4)12-10-14(16-9-2)15(5,6)18-7/h13-14,16H,8-12H2,1-7H3. The van der Waals surface area contributed by atoms with Crippen molar-refractivity contribution in [3.8, 4) is 0 Å². The monoisotopic (exact) mass is 258 g/mol. The number of nitrogens with zero attached hydrogens (tertiary/aromatic N) is 1. The summed E-state index contributed by atoms with van der Waals surface area (Å²) in [7, 11) is 1.80. The fraction of sp³-hybridized carbons (Fsp3) is 1.00. The number of methoxy groups -OCH3 is 1. The molecule has 0 saturated heterocycles. The molecule has 0 aliphatic heterocycles. The van der Waals surface area contributed by atoms with E-state index in [1.807, 2.05) is 0 Å². The summed E-state index contributed by atoms with van der Waals surface area (Å²) in [5.74, 6) is 0. The van der Waals surface area contributed by atoms with E-state index in [-0.39, 0.29) is 5.60 Å². The Morgan fingerprint density at radius 3 is 2.17 bits per heavy atom. The van der Waals surface area contributed by atoms with Gasteiger partial charge in [-0.3, -0.25) is 0 Å². The van der Waals surface area contributed by atoms with Gasteiger partial charge in [0.05, 0.1) is 5.60 Å². The zero-order chi connectivity index (χ0) is 14.2. The molecule has 0 amide bonds. The molecule has 0 aliphatic carbocycles. The van der Waals surface area contributed by atoms with Gasteiger partial charge in [0.1, 0.15) is 0 Å². The van der Waals surface area contributed by atoms with Crippen molar-refractivity contribution in [2.45, 2.75) is 72.1 Å². The highest BCUT2D eigenvalue weighted by Gasteiger charge is 2.28. The Morgan fingerprint density at radius 1 is 1.17 bits per heavy atom. The molecule has 3 nitrogen and oxygen atoms in total. The molecule has 110 valence electrons. The second kappa shape index (κ2) is 8.89. The highest BCUT2D eigenvalue weighted by Crippen LogP contribution is 2.17. The van der Waals surface area contributed by atoms with E-state index in [9.17, 15) is 0 Å². The van der Waals surface area contributed by atoms with E-state index < -0.39 is 0 Å². The van der Waals surface area contributed by atoms with E-state index in [4.69, 9.17) is 4.74 Å². The molecule has 0 aromatic rings. The zero-order valence-electron chi connectivity index (χ0n) is 13.5. The van der Waals surface area contributed by atoms with Crippen molar-refractivity contribution in [1.82, 2.24) is 10.2 Å². The maximum Gasteiger partial charge on any atom is 0.0775 e. The quantitative estimate of drug-likeness (QED) is 0.652. The summed E-state index contributed by atoms with van der Waals surface area (Å²) < 4.78 is 5.62. The summed E-state index contributed by atoms with van der Waals surface area (Å²) in [6, 6.07) is 1.03. The van der Waals surface area contributed by atoms with Crippen molar-refractivity contribution in [1.29, 1.82) is 0 Å². The van der Waals surface area contributed by atoms with Crippen LogP contribution in [0.4, 0.5) is 0 Å². The summed E-state index contributed by atoms with van der Waals surface area (Å²) in [4.78, 5) is 2.55. The van der Waals surface area contributed by atoms with Crippen molar-refractivity contribution in [3.05, 3.63) is 0 Å². The molecule has 0 aromatic carbocycles. The molecule has 1 atom stereocenters. The first-order valence-electron chi connectivity index (χ1n) is 7.41. The second-order valence-corrected chi connectivity index (χ2v) is 5.84. The van der Waals surface area contributed by atoms with Crippen LogP contribution in [-0.4, -0.2) is 49.3 Å². The van der Waals surface area contributed by atoms with Crippen LogP contribution in [-0.2, 0) is 4.74 Å². The fourth-order valence-electron chi connectivity index (χ4n) is 2.29. The minimum absolute atomic E-state index is 0.106. The number of rotatable bonds is 10. The van der Waals surface area contributed by atoms with Crippen LogP contribution >= 0.6 is 0 Å². The first-order valence-corrected chi connectivity index (χ1v) is 7.41. The van der Waals surface area contributed by atoms with Crippen molar-refractivity contribution in [2.24, 2.45) is 0 Å². The van der Waals surface area contributed by atoms with Crippen LogP contribution in [0.15, 0.2) is 0 Å². The number of hydrogen-bond donors (Lipinski definition) is 1. The smallest absolute Gasteiger partial charge is 0.0775 e. The summed E-state index contributed by atoms with van der Waals surface area (Å²) in [6.07, 6.45) is 2.35. The third-order valence-corrected chi connectivity index (χ3v) is 3.76. The Balaban J connectivity index is 4.40. The van der Waals surface area contributed by atoms with Crippen molar-refractivity contribution in [2.75, 3.05) is 26.7 Å². The molecule has 1 N–H and O–H groups in total. The van der Waals surface area contributed by atoms with Gasteiger partial charge in [0.15, 0.2) is 0 Å². The molecule has 18 heavy (non-hydrogen) atoms. The van der Waals surface area contributed by atoms with Gasteiger partial charge in [-0.25, -0.2) is 0 Å². The maximum absolute atomic E-state index is 5.62. The minimum atomic E-state index is -0.106. The lowest BCUT2D eigenvalue weighted by atomic mass is 9.95. The van der Waals surface area contributed by atoms with Gasteiger partial charge in [-0.1, -0.05) is 13.8 Å². The van der Waals surface area contributed by atoms with Crippen LogP contribution < -0.4 is 5.32 Å². The van der Waals surface area contributed by atoms with Crippen LogP contribution in [0.3, 0.4) is 0 Å². The third kappa shape index (κ3) is 6.17. The number of ether oxygens (including phenoxy) is 1. The molecule has 0 radical (unpaired) electrons. The molecule has 0 bridgehead atoms. The number of nitrogens with one attached hydrogen (secondary N) is 1. The topological polar surface area (TPSA) is 24.5 Å². The summed E-state index contributed by atoms with van der Waals surface area (Å²) in [5, 5.41) is 3.56. The zero-order valence-corrected chi connectivity index (χ0v) is 13.5. The molecular formula is C15H34N2O. The van der Waals surface area contributed by atoms with Gasteiger partial charge < -0.3 is 15.0 Å². The Labute approximate surface area is 114 Å². The van der Waals surface area contributed by atoms with Crippen LogP contribution in [0.2, 0.25) is 0 Å². The first-order chi connectivity index (χ1) is 8.38. The van der Waals surface area contributed by atoms with Crippen molar-refractivity contribution in [3.63, 3.8) is 0 Å². The Kier molecular flexibility index (Phi) is 8.83. The van der Waals surface area contributed by atoms with Crippen LogP contribution in [0.1, 0.15) is 54.4 Å². The van der Waals surface area contributed by atoms with E-state index in [0.717, 1.165) is 19.5 Å². The molecule has 0 heterocycles. The highest BCUT2D eigenvalue weighted by atomic mass is 16.5. The van der Waals surface area contributed by atoms with Gasteiger partial charge in [-0.2, -0.15) is 0 Å². The molecule has 3 heteroatoms. The average molecular weight is 258 g/mol. The molecule has 0 aromatic heterocycles. The Hall–Kier alpha value is -0.120. The lowest BCUT2D eigenvalue weighted by molar-refractivity contribution is -0.0151. The molecule has 0 spiro atoms. The number of likely N-dealkylation sites (N-methyl/N-ethyl adjacent to an activating group) is 1. The van der Waals surface area contributed by atoms with Crippen LogP contribution in [0.5, 0.6) is 0 Å². The molecule has 0 aliphatic rings. The molecule has 1 unspecified atom stereocenters. The second-order valence-electron chi connectivity index (χ2n) is 5.84. The van der Waals surface area contributed by atoms with Gasteiger partial charge in [0, 0.05) is 19.2 Å². The minimum Gasteiger partial charge on any atom is -0.377 e. The van der Waals surface area contributed by atoms with Gasteiger partial charge in [0.2, 0.25) is 0 Å². The van der Waals surface area contributed by atoms with E-state index >= 15 is 0 Å². The van der Waals surface area contributed by atoms with E-state index in [1.54, 1.807) is 7.11 Å². The Morgan fingerprint density at radius 2 is 1.78 bits per heavy atom. The molecule has 0 fully saturated rings. The first kappa shape index (κ1) is 17.9. The van der Waals surface area contributed by atoms with Gasteiger partial charge in [-0.05, 0) is 60.2 Å². The summed E-state index contributed by atoms with van der Waals surface area (Å²) in [6.45, 7) is 16.6. The fourth-order valence-corrected chi connectivity index (χ4v) is 2.29. The molecular weight excluding hydrogens is 224 g/mol.